The van der Waals surface area contributed by atoms with Crippen molar-refractivity contribution in [2.24, 2.45) is 11.3 Å². The van der Waals surface area contributed by atoms with Gasteiger partial charge < -0.3 is 0 Å². The van der Waals surface area contributed by atoms with Crippen molar-refractivity contribution in [3.8, 4) is 6.07 Å². The second kappa shape index (κ2) is 5.08. The average Bonchev–Trinajstić information content (AvgIpc) is 2.69. The molecule has 0 spiro atoms. The minimum atomic E-state index is -0.164. The molecule has 0 amide bonds. The number of fused-ring (bicyclic) bond motifs is 1. The van der Waals surface area contributed by atoms with Crippen molar-refractivity contribution in [3.05, 3.63) is 35.4 Å². The highest BCUT2D eigenvalue weighted by molar-refractivity contribution is 5.41. The largest absolute Gasteiger partial charge is 0.293 e. The lowest BCUT2D eigenvalue weighted by atomic mass is 9.55. The molecule has 118 valence electrons. The van der Waals surface area contributed by atoms with Crippen LogP contribution in [0.2, 0.25) is 0 Å². The van der Waals surface area contributed by atoms with Gasteiger partial charge in [-0.15, -0.1) is 0 Å². The zero-order valence-corrected chi connectivity index (χ0v) is 14.3. The number of benzene rings is 1. The molecule has 22 heavy (non-hydrogen) atoms. The number of nitrogens with zero attached hydrogens (tertiary/aromatic N) is 2. The second-order valence-electron chi connectivity index (χ2n) is 7.94. The van der Waals surface area contributed by atoms with Crippen LogP contribution in [0, 0.1) is 22.7 Å². The SMILES string of the molecule is CN1OC(C)(C)C2C1CCC(c1ccccc1C#N)C2(C)C. The maximum Gasteiger partial charge on any atom is 0.0994 e. The van der Waals surface area contributed by atoms with Gasteiger partial charge in [0.1, 0.15) is 0 Å². The molecule has 0 N–H and O–H groups in total. The molecule has 2 fully saturated rings. The average molecular weight is 298 g/mol. The van der Waals surface area contributed by atoms with Crippen LogP contribution in [0.4, 0.5) is 0 Å². The molecule has 3 unspecified atom stereocenters. The van der Waals surface area contributed by atoms with Crippen molar-refractivity contribution in [2.75, 3.05) is 7.05 Å². The molecule has 0 aromatic heterocycles. The molecule has 3 heteroatoms. The fourth-order valence-corrected chi connectivity index (χ4v) is 5.29. The summed E-state index contributed by atoms with van der Waals surface area (Å²) in [4.78, 5) is 6.14. The Morgan fingerprint density at radius 1 is 1.18 bits per heavy atom. The minimum Gasteiger partial charge on any atom is -0.293 e. The number of hydrogen-bond acceptors (Lipinski definition) is 3. The summed E-state index contributed by atoms with van der Waals surface area (Å²) in [6.07, 6.45) is 2.23. The fourth-order valence-electron chi connectivity index (χ4n) is 5.29. The number of rotatable bonds is 1. The van der Waals surface area contributed by atoms with Crippen LogP contribution >= 0.6 is 0 Å². The van der Waals surface area contributed by atoms with E-state index in [0.717, 1.165) is 18.4 Å². The Morgan fingerprint density at radius 2 is 1.86 bits per heavy atom. The lowest BCUT2D eigenvalue weighted by Gasteiger charge is -2.50. The first-order valence-corrected chi connectivity index (χ1v) is 8.20. The highest BCUT2D eigenvalue weighted by Gasteiger charge is 2.58. The van der Waals surface area contributed by atoms with Gasteiger partial charge in [0.05, 0.1) is 17.2 Å². The lowest BCUT2D eigenvalue weighted by Crippen LogP contribution is -2.50. The topological polar surface area (TPSA) is 36.3 Å². The number of hydrogen-bond donors (Lipinski definition) is 0. The zero-order chi connectivity index (χ0) is 16.1. The van der Waals surface area contributed by atoms with E-state index in [9.17, 15) is 5.26 Å². The third kappa shape index (κ3) is 2.17. The van der Waals surface area contributed by atoms with Crippen LogP contribution in [-0.2, 0) is 4.84 Å². The zero-order valence-electron chi connectivity index (χ0n) is 14.3. The molecular weight excluding hydrogens is 272 g/mol. The number of hydroxylamine groups is 2. The Bertz CT molecular complexity index is 614. The molecule has 0 radical (unpaired) electrons. The van der Waals surface area contributed by atoms with Crippen LogP contribution in [0.25, 0.3) is 0 Å². The second-order valence-corrected chi connectivity index (χ2v) is 7.94. The summed E-state index contributed by atoms with van der Waals surface area (Å²) in [5.74, 6) is 0.856. The van der Waals surface area contributed by atoms with Crippen molar-refractivity contribution >= 4 is 0 Å². The van der Waals surface area contributed by atoms with E-state index in [1.165, 1.54) is 5.56 Å². The van der Waals surface area contributed by atoms with E-state index >= 15 is 0 Å². The summed E-state index contributed by atoms with van der Waals surface area (Å²) in [5.41, 5.74) is 1.95. The van der Waals surface area contributed by atoms with Gasteiger partial charge in [-0.3, -0.25) is 4.84 Å². The molecule has 1 aliphatic heterocycles. The first kappa shape index (κ1) is 15.5. The van der Waals surface area contributed by atoms with Crippen molar-refractivity contribution < 1.29 is 4.84 Å². The van der Waals surface area contributed by atoms with Gasteiger partial charge in [0.15, 0.2) is 0 Å². The van der Waals surface area contributed by atoms with Crippen LogP contribution in [0.5, 0.6) is 0 Å². The fraction of sp³-hybridized carbons (Fsp3) is 0.632. The summed E-state index contributed by atoms with van der Waals surface area (Å²) < 4.78 is 0. The molecule has 2 aliphatic rings. The first-order chi connectivity index (χ1) is 10.3. The van der Waals surface area contributed by atoms with Gasteiger partial charge in [-0.25, -0.2) is 0 Å². The summed E-state index contributed by atoms with van der Waals surface area (Å²) in [6.45, 7) is 9.11. The number of nitriles is 1. The molecule has 1 saturated heterocycles. The third-order valence-corrected chi connectivity index (χ3v) is 5.89. The van der Waals surface area contributed by atoms with Crippen LogP contribution in [0.1, 0.15) is 57.6 Å². The summed E-state index contributed by atoms with van der Waals surface area (Å²) in [7, 11) is 2.06. The van der Waals surface area contributed by atoms with E-state index in [1.807, 2.05) is 12.1 Å². The molecular formula is C19H26N2O. The standard InChI is InChI=1S/C19H26N2O/c1-18(2)15(14-9-7-6-8-13(14)12-20)10-11-16-17(18)19(3,4)22-21(16)5/h6-9,15-17H,10-11H2,1-5H3. The monoisotopic (exact) mass is 298 g/mol. The normalized spacial score (nSPS) is 33.2. The van der Waals surface area contributed by atoms with Crippen LogP contribution in [-0.4, -0.2) is 23.8 Å². The van der Waals surface area contributed by atoms with Gasteiger partial charge in [-0.1, -0.05) is 32.0 Å². The van der Waals surface area contributed by atoms with E-state index in [0.29, 0.717) is 17.9 Å². The summed E-state index contributed by atoms with van der Waals surface area (Å²) in [6, 6.07) is 10.9. The van der Waals surface area contributed by atoms with Crippen molar-refractivity contribution in [1.29, 1.82) is 5.26 Å². The highest BCUT2D eigenvalue weighted by Crippen LogP contribution is 2.58. The van der Waals surface area contributed by atoms with Gasteiger partial charge in [-0.05, 0) is 49.7 Å². The van der Waals surface area contributed by atoms with Crippen molar-refractivity contribution in [3.63, 3.8) is 0 Å². The molecule has 0 bridgehead atoms. The van der Waals surface area contributed by atoms with E-state index < -0.39 is 0 Å². The molecule has 3 atom stereocenters. The van der Waals surface area contributed by atoms with Gasteiger partial charge in [0.2, 0.25) is 0 Å². The predicted octanol–water partition coefficient (Wildman–Crippen LogP) is 4.10. The molecule has 1 heterocycles. The summed E-state index contributed by atoms with van der Waals surface area (Å²) >= 11 is 0. The Labute approximate surface area is 133 Å². The third-order valence-electron chi connectivity index (χ3n) is 5.89. The highest BCUT2D eigenvalue weighted by atomic mass is 16.7. The summed E-state index contributed by atoms with van der Waals surface area (Å²) in [5, 5.41) is 11.5. The van der Waals surface area contributed by atoms with Crippen molar-refractivity contribution in [2.45, 2.75) is 58.1 Å². The van der Waals surface area contributed by atoms with Gasteiger partial charge in [0.25, 0.3) is 0 Å². The quantitative estimate of drug-likeness (QED) is 0.783. The maximum atomic E-state index is 9.47. The van der Waals surface area contributed by atoms with E-state index in [-0.39, 0.29) is 11.0 Å². The van der Waals surface area contributed by atoms with E-state index in [4.69, 9.17) is 4.84 Å². The molecule has 1 aromatic carbocycles. The minimum absolute atomic E-state index is 0.0874. The lowest BCUT2D eigenvalue weighted by molar-refractivity contribution is -0.180. The predicted molar refractivity (Wildman–Crippen MR) is 87.1 cm³/mol. The molecule has 1 saturated carbocycles. The van der Waals surface area contributed by atoms with Crippen LogP contribution < -0.4 is 0 Å². The first-order valence-electron chi connectivity index (χ1n) is 8.20. The Morgan fingerprint density at radius 3 is 2.55 bits per heavy atom. The molecule has 1 aromatic rings. The Balaban J connectivity index is 2.04. The Hall–Kier alpha value is -1.37. The molecule has 1 aliphatic carbocycles. The van der Waals surface area contributed by atoms with Gasteiger partial charge in [-0.2, -0.15) is 10.3 Å². The van der Waals surface area contributed by atoms with E-state index in [1.54, 1.807) is 0 Å². The maximum absolute atomic E-state index is 9.47. The van der Waals surface area contributed by atoms with Crippen LogP contribution in [0.3, 0.4) is 0 Å². The molecule has 3 rings (SSSR count). The smallest absolute Gasteiger partial charge is 0.0994 e. The van der Waals surface area contributed by atoms with Crippen LogP contribution in [0.15, 0.2) is 24.3 Å². The van der Waals surface area contributed by atoms with Gasteiger partial charge >= 0.3 is 0 Å². The molecule has 3 nitrogen and oxygen atoms in total. The Kier molecular flexibility index (Phi) is 3.58. The van der Waals surface area contributed by atoms with E-state index in [2.05, 4.69) is 58.0 Å². The van der Waals surface area contributed by atoms with Gasteiger partial charge in [0, 0.05) is 19.0 Å². The van der Waals surface area contributed by atoms with Crippen molar-refractivity contribution in [1.82, 2.24) is 5.06 Å².